The van der Waals surface area contributed by atoms with Gasteiger partial charge in [-0.15, -0.1) is 0 Å². The predicted molar refractivity (Wildman–Crippen MR) is 1.37 cm³/mol. The van der Waals surface area contributed by atoms with E-state index in [1.807, 2.05) is 0 Å². The Morgan fingerprint density at radius 2 is 1.40 bits per heavy atom. The third-order valence-electron chi connectivity index (χ3n) is 0. The van der Waals surface area contributed by atoms with Gasteiger partial charge in [-0.2, -0.15) is 0 Å². The van der Waals surface area contributed by atoms with E-state index in [-0.39, 0.29) is 68.9 Å². The van der Waals surface area contributed by atoms with Crippen LogP contribution in [0.5, 0.6) is 0 Å². The van der Waals surface area contributed by atoms with E-state index in [1.54, 1.807) is 0 Å². The topological polar surface area (TPSA) is 57.2 Å². The molecule has 0 unspecified atom stereocenters. The van der Waals surface area contributed by atoms with Crippen molar-refractivity contribution in [1.82, 2.24) is 0 Å². The third-order valence-corrected chi connectivity index (χ3v) is 0. The molecule has 0 aliphatic heterocycles. The molecule has 0 heterocycles. The molecule has 5 heteroatoms. The van der Waals surface area contributed by atoms with Gasteiger partial charge in [-0.1, -0.05) is 0 Å². The molecule has 0 aliphatic rings. The van der Waals surface area contributed by atoms with Gasteiger partial charge in [-0.05, 0) is 0 Å². The zero-order valence-corrected chi connectivity index (χ0v) is 11.2. The SMILES string of the molecule is [Cs+].[O]=[Nb](=[O])[O-]. The van der Waals surface area contributed by atoms with E-state index in [9.17, 15) is 0 Å². The van der Waals surface area contributed by atoms with Crippen LogP contribution in [-0.4, -0.2) is 0 Å². The minimum absolute atomic E-state index is 0. The molecule has 0 aromatic heterocycles. The molecule has 24 valence electrons. The van der Waals surface area contributed by atoms with Gasteiger partial charge in [0, 0.05) is 0 Å². The molecule has 0 aliphatic carbocycles. The van der Waals surface area contributed by atoms with Crippen molar-refractivity contribution in [3.63, 3.8) is 0 Å². The summed E-state index contributed by atoms with van der Waals surface area (Å²) in [5, 5.41) is 0. The molecule has 3 nitrogen and oxygen atoms in total. The molecule has 0 fully saturated rings. The van der Waals surface area contributed by atoms with Crippen molar-refractivity contribution >= 4 is 0 Å². The van der Waals surface area contributed by atoms with Gasteiger partial charge in [0.25, 0.3) is 0 Å². The summed E-state index contributed by atoms with van der Waals surface area (Å²) in [7, 11) is 0. The van der Waals surface area contributed by atoms with E-state index in [1.165, 1.54) is 0 Å². The van der Waals surface area contributed by atoms with E-state index in [0.717, 1.165) is 0 Å². The summed E-state index contributed by atoms with van der Waals surface area (Å²) in [6, 6.07) is 0. The third kappa shape index (κ3) is 21.7. The van der Waals surface area contributed by atoms with Crippen LogP contribution in [0.3, 0.4) is 0 Å². The Kier molecular flexibility index (Phi) is 13.2. The number of rotatable bonds is 0. The van der Waals surface area contributed by atoms with E-state index in [4.69, 9.17) is 10.1 Å². The molecule has 0 saturated carbocycles. The Hall–Kier alpha value is 2.35. The molecular formula is CsNbO3. The summed E-state index contributed by atoms with van der Waals surface area (Å²) < 4.78 is 25.8. The Labute approximate surface area is 94.8 Å². The fourth-order valence-electron chi connectivity index (χ4n) is 0. The monoisotopic (exact) mass is 274 g/mol. The van der Waals surface area contributed by atoms with Crippen LogP contribution in [0.4, 0.5) is 0 Å². The van der Waals surface area contributed by atoms with Crippen molar-refractivity contribution in [2.75, 3.05) is 0 Å². The molecule has 5 heavy (non-hydrogen) atoms. The Morgan fingerprint density at radius 3 is 1.40 bits per heavy atom. The molecule has 0 spiro atoms. The van der Waals surface area contributed by atoms with E-state index in [0.29, 0.717) is 0 Å². The zero-order valence-electron chi connectivity index (χ0n) is 2.67. The fraction of sp³-hybridized carbons (Fsp3) is 0. The molecule has 0 aromatic rings. The van der Waals surface area contributed by atoms with E-state index >= 15 is 0 Å². The van der Waals surface area contributed by atoms with Crippen molar-refractivity contribution in [1.29, 1.82) is 0 Å². The summed E-state index contributed by atoms with van der Waals surface area (Å²) in [5.74, 6) is 0. The molecule has 0 atom stereocenters. The number of hydrogen-bond acceptors (Lipinski definition) is 3. The zero-order chi connectivity index (χ0) is 3.58. The van der Waals surface area contributed by atoms with Gasteiger partial charge in [-0.3, -0.25) is 0 Å². The summed E-state index contributed by atoms with van der Waals surface area (Å²) in [5.41, 5.74) is 0. The van der Waals surface area contributed by atoms with Gasteiger partial charge >= 0.3 is 97.8 Å². The van der Waals surface area contributed by atoms with Gasteiger partial charge < -0.3 is 0 Å². The standard InChI is InChI=1S/Cs.Nb.3O/q+1;;;;-1. The van der Waals surface area contributed by atoms with Crippen LogP contribution in [0, 0.1) is 0 Å². The van der Waals surface area contributed by atoms with Gasteiger partial charge in [0.2, 0.25) is 0 Å². The first-order valence-electron chi connectivity index (χ1n) is 0.548. The molecular weight excluding hydrogens is 274 g/mol. The fourth-order valence-corrected chi connectivity index (χ4v) is 0. The molecule has 0 rings (SSSR count). The first-order chi connectivity index (χ1) is 1.73. The Bertz CT molecular complexity index is 55.3. The second kappa shape index (κ2) is 6.35. The van der Waals surface area contributed by atoms with Crippen molar-refractivity contribution in [3.05, 3.63) is 0 Å². The van der Waals surface area contributed by atoms with Crippen LogP contribution in [0.25, 0.3) is 0 Å². The molecule has 0 radical (unpaired) electrons. The molecule has 0 amide bonds. The summed E-state index contributed by atoms with van der Waals surface area (Å²) >= 11 is -4.20. The summed E-state index contributed by atoms with van der Waals surface area (Å²) in [6.45, 7) is 0. The maximum atomic E-state index is 8.60. The van der Waals surface area contributed by atoms with Gasteiger partial charge in [0.05, 0.1) is 0 Å². The van der Waals surface area contributed by atoms with Crippen LogP contribution in [0.1, 0.15) is 0 Å². The van der Waals surface area contributed by atoms with E-state index < -0.39 is 18.8 Å². The van der Waals surface area contributed by atoms with Gasteiger partial charge in [-0.25, -0.2) is 0 Å². The average Bonchev–Trinajstić information content (AvgIpc) is 0.811. The molecule has 0 bridgehead atoms. The first-order valence-corrected chi connectivity index (χ1v) is 3.24. The molecule has 0 aromatic carbocycles. The van der Waals surface area contributed by atoms with Crippen molar-refractivity contribution < 1.29 is 97.8 Å². The quantitative estimate of drug-likeness (QED) is 0.419. The Morgan fingerprint density at radius 1 is 1.40 bits per heavy atom. The second-order valence-electron chi connectivity index (χ2n) is 0.224. The average molecular weight is 274 g/mol. The normalized spacial score (nSPS) is 5.00. The van der Waals surface area contributed by atoms with Crippen LogP contribution < -0.4 is 72.5 Å². The second-order valence-corrected chi connectivity index (χ2v) is 1.32. The maximum absolute atomic E-state index is 8.60. The van der Waals surface area contributed by atoms with Crippen molar-refractivity contribution in [2.45, 2.75) is 0 Å². The van der Waals surface area contributed by atoms with Crippen LogP contribution >= 0.6 is 0 Å². The van der Waals surface area contributed by atoms with Gasteiger partial charge in [0.15, 0.2) is 0 Å². The molecule has 0 saturated heterocycles. The van der Waals surface area contributed by atoms with Gasteiger partial charge in [0.1, 0.15) is 0 Å². The van der Waals surface area contributed by atoms with E-state index in [2.05, 4.69) is 0 Å². The summed E-state index contributed by atoms with van der Waals surface area (Å²) in [4.78, 5) is 0. The number of hydrogen-bond donors (Lipinski definition) is 0. The van der Waals surface area contributed by atoms with Crippen LogP contribution in [0.15, 0.2) is 0 Å². The summed E-state index contributed by atoms with van der Waals surface area (Å²) in [6.07, 6.45) is 0. The minimum atomic E-state index is -4.20. The van der Waals surface area contributed by atoms with Crippen molar-refractivity contribution in [3.8, 4) is 0 Å². The van der Waals surface area contributed by atoms with Crippen molar-refractivity contribution in [2.24, 2.45) is 0 Å². The molecule has 0 N–H and O–H groups in total. The first kappa shape index (κ1) is 10.4. The van der Waals surface area contributed by atoms with Crippen LogP contribution in [-0.2, 0) is 25.3 Å². The van der Waals surface area contributed by atoms with Crippen LogP contribution in [0.2, 0.25) is 0 Å². The predicted octanol–water partition coefficient (Wildman–Crippen LogP) is -4.43. The Balaban J connectivity index is 0.